The van der Waals surface area contributed by atoms with Gasteiger partial charge in [-0.3, -0.25) is 0 Å². The van der Waals surface area contributed by atoms with Crippen LogP contribution < -0.4 is 0 Å². The first-order valence-electron chi connectivity index (χ1n) is 7.18. The fourth-order valence-electron chi connectivity index (χ4n) is 2.05. The van der Waals surface area contributed by atoms with Gasteiger partial charge in [-0.15, -0.1) is 0 Å². The smallest absolute Gasteiger partial charge is 0.416 e. The molecule has 0 N–H and O–H groups in total. The topological polar surface area (TPSA) is 26.3 Å². The van der Waals surface area contributed by atoms with Gasteiger partial charge in [0.1, 0.15) is 5.60 Å². The van der Waals surface area contributed by atoms with Crippen LogP contribution in [0.15, 0.2) is 46.9 Å². The van der Waals surface area contributed by atoms with Crippen molar-refractivity contribution in [2.75, 3.05) is 0 Å². The minimum atomic E-state index is -4.41. The standard InChI is InChI=1S/C18H16BrF3O2/c1-17(2,3)24-16(23)12-6-4-11(5-7-12)14-10-13(18(20,21)22)8-9-15(14)19/h4-10H,1-3H3. The maximum atomic E-state index is 12.9. The van der Waals surface area contributed by atoms with Crippen LogP contribution >= 0.6 is 15.9 Å². The fourth-order valence-corrected chi connectivity index (χ4v) is 2.52. The van der Waals surface area contributed by atoms with Crippen LogP contribution in [0.1, 0.15) is 36.7 Å². The van der Waals surface area contributed by atoms with E-state index in [0.29, 0.717) is 21.2 Å². The maximum Gasteiger partial charge on any atom is 0.416 e. The molecule has 6 heteroatoms. The first kappa shape index (κ1) is 18.5. The van der Waals surface area contributed by atoms with Crippen LogP contribution in [0.5, 0.6) is 0 Å². The summed E-state index contributed by atoms with van der Waals surface area (Å²) in [6.45, 7) is 5.29. The monoisotopic (exact) mass is 400 g/mol. The lowest BCUT2D eigenvalue weighted by Crippen LogP contribution is -2.23. The number of hydrogen-bond acceptors (Lipinski definition) is 2. The van der Waals surface area contributed by atoms with Gasteiger partial charge in [0.2, 0.25) is 0 Å². The Morgan fingerprint density at radius 3 is 2.08 bits per heavy atom. The normalized spacial score (nSPS) is 12.1. The van der Waals surface area contributed by atoms with Crippen molar-refractivity contribution < 1.29 is 22.7 Å². The van der Waals surface area contributed by atoms with Crippen LogP contribution in [0.2, 0.25) is 0 Å². The van der Waals surface area contributed by atoms with Crippen molar-refractivity contribution in [3.8, 4) is 11.1 Å². The number of carbonyl (C=O) groups is 1. The Balaban J connectivity index is 2.33. The molecule has 0 atom stereocenters. The van der Waals surface area contributed by atoms with Crippen LogP contribution in [0.3, 0.4) is 0 Å². The second-order valence-electron chi connectivity index (χ2n) is 6.27. The van der Waals surface area contributed by atoms with Gasteiger partial charge in [-0.25, -0.2) is 4.79 Å². The van der Waals surface area contributed by atoms with Gasteiger partial charge in [-0.05, 0) is 62.2 Å². The first-order valence-corrected chi connectivity index (χ1v) is 7.97. The summed E-state index contributed by atoms with van der Waals surface area (Å²) in [5.74, 6) is -0.475. The molecule has 2 nitrogen and oxygen atoms in total. The second kappa shape index (κ2) is 6.59. The highest BCUT2D eigenvalue weighted by Crippen LogP contribution is 2.36. The molecule has 0 radical (unpaired) electrons. The molecule has 0 heterocycles. The SMILES string of the molecule is CC(C)(C)OC(=O)c1ccc(-c2cc(C(F)(F)F)ccc2Br)cc1. The molecular weight excluding hydrogens is 385 g/mol. The van der Waals surface area contributed by atoms with Crippen LogP contribution in [0.25, 0.3) is 11.1 Å². The highest BCUT2D eigenvalue weighted by molar-refractivity contribution is 9.10. The molecule has 0 bridgehead atoms. The van der Waals surface area contributed by atoms with Crippen molar-refractivity contribution in [3.05, 3.63) is 58.1 Å². The number of rotatable bonds is 2. The third-order valence-corrected chi connectivity index (χ3v) is 3.82. The molecule has 0 aromatic heterocycles. The van der Waals surface area contributed by atoms with E-state index in [9.17, 15) is 18.0 Å². The molecule has 0 amide bonds. The van der Waals surface area contributed by atoms with E-state index in [1.54, 1.807) is 32.9 Å². The number of ether oxygens (including phenoxy) is 1. The predicted octanol–water partition coefficient (Wildman–Crippen LogP) is 6.09. The number of benzene rings is 2. The number of hydrogen-bond donors (Lipinski definition) is 0. The lowest BCUT2D eigenvalue weighted by molar-refractivity contribution is -0.137. The quantitative estimate of drug-likeness (QED) is 0.570. The molecule has 0 unspecified atom stereocenters. The van der Waals surface area contributed by atoms with Gasteiger partial charge in [0, 0.05) is 4.47 Å². The van der Waals surface area contributed by atoms with Crippen LogP contribution in [-0.4, -0.2) is 11.6 Å². The van der Waals surface area contributed by atoms with E-state index in [-0.39, 0.29) is 0 Å². The predicted molar refractivity (Wildman–Crippen MR) is 89.7 cm³/mol. The van der Waals surface area contributed by atoms with Crippen molar-refractivity contribution in [2.45, 2.75) is 32.5 Å². The molecule has 2 aromatic carbocycles. The van der Waals surface area contributed by atoms with Crippen LogP contribution in [0, 0.1) is 0 Å². The molecule has 0 saturated carbocycles. The van der Waals surface area contributed by atoms with Crippen molar-refractivity contribution in [3.63, 3.8) is 0 Å². The Bertz CT molecular complexity index is 744. The van der Waals surface area contributed by atoms with Gasteiger partial charge < -0.3 is 4.74 Å². The van der Waals surface area contributed by atoms with Crippen molar-refractivity contribution in [1.82, 2.24) is 0 Å². The molecule has 0 spiro atoms. The maximum absolute atomic E-state index is 12.9. The van der Waals surface area contributed by atoms with E-state index in [4.69, 9.17) is 4.74 Å². The molecule has 2 aromatic rings. The van der Waals surface area contributed by atoms with Crippen molar-refractivity contribution in [1.29, 1.82) is 0 Å². The van der Waals surface area contributed by atoms with E-state index in [1.165, 1.54) is 18.2 Å². The molecule has 0 fully saturated rings. The largest absolute Gasteiger partial charge is 0.456 e. The van der Waals surface area contributed by atoms with E-state index in [1.807, 2.05) is 0 Å². The average molecular weight is 401 g/mol. The first-order chi connectivity index (χ1) is 11.0. The molecule has 24 heavy (non-hydrogen) atoms. The summed E-state index contributed by atoms with van der Waals surface area (Å²) in [5.41, 5.74) is -0.0191. The average Bonchev–Trinajstić information content (AvgIpc) is 2.45. The zero-order valence-corrected chi connectivity index (χ0v) is 15.0. The van der Waals surface area contributed by atoms with Gasteiger partial charge in [-0.2, -0.15) is 13.2 Å². The molecule has 0 aliphatic heterocycles. The Kier molecular flexibility index (Phi) is 5.08. The summed E-state index contributed by atoms with van der Waals surface area (Å²) in [6, 6.07) is 9.72. The Hall–Kier alpha value is -1.82. The molecule has 0 aliphatic carbocycles. The highest BCUT2D eigenvalue weighted by Gasteiger charge is 2.31. The third kappa shape index (κ3) is 4.60. The molecule has 0 aliphatic rings. The summed E-state index contributed by atoms with van der Waals surface area (Å²) in [6.07, 6.45) is -4.41. The van der Waals surface area contributed by atoms with Crippen molar-refractivity contribution in [2.24, 2.45) is 0 Å². The fraction of sp³-hybridized carbons (Fsp3) is 0.278. The van der Waals surface area contributed by atoms with E-state index in [0.717, 1.165) is 12.1 Å². The van der Waals surface area contributed by atoms with Gasteiger partial charge in [0.25, 0.3) is 0 Å². The lowest BCUT2D eigenvalue weighted by atomic mass is 10.0. The van der Waals surface area contributed by atoms with Gasteiger partial charge >= 0.3 is 12.1 Å². The van der Waals surface area contributed by atoms with Crippen LogP contribution in [0.4, 0.5) is 13.2 Å². The molecule has 0 saturated heterocycles. The number of halogens is 4. The summed E-state index contributed by atoms with van der Waals surface area (Å²) in [4.78, 5) is 12.0. The van der Waals surface area contributed by atoms with E-state index >= 15 is 0 Å². The highest BCUT2D eigenvalue weighted by atomic mass is 79.9. The van der Waals surface area contributed by atoms with E-state index in [2.05, 4.69) is 15.9 Å². The zero-order valence-electron chi connectivity index (χ0n) is 13.4. The van der Waals surface area contributed by atoms with Crippen molar-refractivity contribution >= 4 is 21.9 Å². The Labute approximate surface area is 146 Å². The Morgan fingerprint density at radius 2 is 1.58 bits per heavy atom. The summed E-state index contributed by atoms with van der Waals surface area (Å²) in [5, 5.41) is 0. The third-order valence-electron chi connectivity index (χ3n) is 3.12. The second-order valence-corrected chi connectivity index (χ2v) is 7.13. The summed E-state index contributed by atoms with van der Waals surface area (Å²) in [7, 11) is 0. The molecular formula is C18H16BrF3O2. The van der Waals surface area contributed by atoms with Gasteiger partial charge in [-0.1, -0.05) is 28.1 Å². The van der Waals surface area contributed by atoms with Gasteiger partial charge in [0.15, 0.2) is 0 Å². The number of alkyl halides is 3. The Morgan fingerprint density at radius 1 is 1.00 bits per heavy atom. The van der Waals surface area contributed by atoms with Crippen LogP contribution in [-0.2, 0) is 10.9 Å². The summed E-state index contributed by atoms with van der Waals surface area (Å²) < 4.78 is 44.4. The number of carbonyl (C=O) groups excluding carboxylic acids is 1. The number of esters is 1. The lowest BCUT2D eigenvalue weighted by Gasteiger charge is -2.19. The minimum absolute atomic E-state index is 0.344. The minimum Gasteiger partial charge on any atom is -0.456 e. The van der Waals surface area contributed by atoms with Gasteiger partial charge in [0.05, 0.1) is 11.1 Å². The zero-order chi connectivity index (χ0) is 18.1. The van der Waals surface area contributed by atoms with E-state index < -0.39 is 23.3 Å². The molecule has 128 valence electrons. The molecule has 2 rings (SSSR count). The summed E-state index contributed by atoms with van der Waals surface area (Å²) >= 11 is 3.26.